The lowest BCUT2D eigenvalue weighted by atomic mass is 10.00. The zero-order chi connectivity index (χ0) is 19.1. The van der Waals surface area contributed by atoms with Crippen LogP contribution in [0.1, 0.15) is 5.56 Å². The van der Waals surface area contributed by atoms with Gasteiger partial charge in [-0.25, -0.2) is 9.97 Å². The fourth-order valence-electron chi connectivity index (χ4n) is 3.32. The van der Waals surface area contributed by atoms with Gasteiger partial charge in [0.1, 0.15) is 16.2 Å². The van der Waals surface area contributed by atoms with Crippen molar-refractivity contribution in [2.75, 3.05) is 0 Å². The highest BCUT2D eigenvalue weighted by Crippen LogP contribution is 2.39. The first kappa shape index (κ1) is 17.2. The van der Waals surface area contributed by atoms with E-state index in [0.29, 0.717) is 4.90 Å². The van der Waals surface area contributed by atoms with E-state index in [2.05, 4.69) is 27.9 Å². The van der Waals surface area contributed by atoms with Crippen molar-refractivity contribution in [2.24, 2.45) is 0 Å². The molecule has 28 heavy (non-hydrogen) atoms. The Morgan fingerprint density at radius 1 is 1.00 bits per heavy atom. The van der Waals surface area contributed by atoms with Gasteiger partial charge < -0.3 is 4.98 Å². The van der Waals surface area contributed by atoms with Crippen molar-refractivity contribution >= 4 is 44.2 Å². The molecular weight excluding hydrogens is 386 g/mol. The van der Waals surface area contributed by atoms with Gasteiger partial charge in [0.25, 0.3) is 5.56 Å². The number of benzene rings is 2. The molecule has 0 fully saturated rings. The van der Waals surface area contributed by atoms with Crippen LogP contribution in [0.2, 0.25) is 0 Å². The van der Waals surface area contributed by atoms with Crippen molar-refractivity contribution in [3.05, 3.63) is 82.2 Å². The van der Waals surface area contributed by atoms with Crippen molar-refractivity contribution in [3.63, 3.8) is 0 Å². The molecule has 0 aliphatic carbocycles. The summed E-state index contributed by atoms with van der Waals surface area (Å²) in [5, 5.41) is 4.79. The van der Waals surface area contributed by atoms with E-state index in [1.165, 1.54) is 11.8 Å². The van der Waals surface area contributed by atoms with Crippen LogP contribution >= 0.6 is 23.1 Å². The van der Waals surface area contributed by atoms with E-state index in [9.17, 15) is 4.79 Å². The van der Waals surface area contributed by atoms with E-state index < -0.39 is 0 Å². The number of H-pyrrole nitrogens is 1. The number of nitrogens with zero attached hydrogens (tertiary/aromatic N) is 2. The molecular formula is C22H15N3OS2. The van der Waals surface area contributed by atoms with E-state index in [1.54, 1.807) is 17.7 Å². The van der Waals surface area contributed by atoms with Crippen molar-refractivity contribution in [1.29, 1.82) is 0 Å². The smallest absolute Gasteiger partial charge is 0.263 e. The molecule has 0 atom stereocenters. The third-order valence-electron chi connectivity index (χ3n) is 4.61. The third-order valence-corrected chi connectivity index (χ3v) is 6.55. The van der Waals surface area contributed by atoms with Gasteiger partial charge in [-0.1, -0.05) is 53.7 Å². The van der Waals surface area contributed by atoms with Gasteiger partial charge in [0.15, 0.2) is 0 Å². The maximum Gasteiger partial charge on any atom is 0.263 e. The SMILES string of the molecule is Cc1ccc2[nH]c(=O)c(Sc3ncnc4sccc34)c(-c3ccccc3)c2c1. The van der Waals surface area contributed by atoms with E-state index in [-0.39, 0.29) is 5.56 Å². The molecule has 2 aromatic carbocycles. The molecule has 0 saturated heterocycles. The Balaban J connectivity index is 1.82. The van der Waals surface area contributed by atoms with E-state index in [0.717, 1.165) is 42.8 Å². The van der Waals surface area contributed by atoms with Crippen LogP contribution in [0, 0.1) is 6.92 Å². The second-order valence-corrected chi connectivity index (χ2v) is 8.39. The fraction of sp³-hybridized carbons (Fsp3) is 0.0455. The van der Waals surface area contributed by atoms with Crippen molar-refractivity contribution in [2.45, 2.75) is 16.8 Å². The molecule has 5 rings (SSSR count). The molecule has 6 heteroatoms. The molecule has 0 bridgehead atoms. The first-order valence-corrected chi connectivity index (χ1v) is 10.5. The van der Waals surface area contributed by atoms with Crippen LogP contribution in [0.3, 0.4) is 0 Å². The van der Waals surface area contributed by atoms with E-state index >= 15 is 0 Å². The number of pyridine rings is 1. The topological polar surface area (TPSA) is 58.6 Å². The molecule has 136 valence electrons. The third kappa shape index (κ3) is 2.91. The molecule has 0 amide bonds. The summed E-state index contributed by atoms with van der Waals surface area (Å²) in [4.78, 5) is 26.5. The van der Waals surface area contributed by atoms with Crippen LogP contribution in [-0.2, 0) is 0 Å². The second-order valence-electron chi connectivity index (χ2n) is 6.49. The maximum absolute atomic E-state index is 13.1. The predicted molar refractivity (Wildman–Crippen MR) is 116 cm³/mol. The fourth-order valence-corrected chi connectivity index (χ4v) is 5.16. The summed E-state index contributed by atoms with van der Waals surface area (Å²) in [6, 6.07) is 18.2. The van der Waals surface area contributed by atoms with Crippen LogP contribution in [0.15, 0.2) is 81.0 Å². The minimum absolute atomic E-state index is 0.109. The summed E-state index contributed by atoms with van der Waals surface area (Å²) < 4.78 is 0. The molecule has 4 nitrogen and oxygen atoms in total. The number of fused-ring (bicyclic) bond motifs is 2. The number of aromatic nitrogens is 3. The molecule has 0 unspecified atom stereocenters. The van der Waals surface area contributed by atoms with Gasteiger partial charge >= 0.3 is 0 Å². The molecule has 0 saturated carbocycles. The second kappa shape index (κ2) is 6.89. The average molecular weight is 402 g/mol. The van der Waals surface area contributed by atoms with Crippen LogP contribution < -0.4 is 5.56 Å². The number of aromatic amines is 1. The number of aryl methyl sites for hydroxylation is 1. The van der Waals surface area contributed by atoms with Crippen molar-refractivity contribution in [1.82, 2.24) is 15.0 Å². The highest BCUT2D eigenvalue weighted by atomic mass is 32.2. The Morgan fingerprint density at radius 2 is 1.86 bits per heavy atom. The van der Waals surface area contributed by atoms with Crippen molar-refractivity contribution < 1.29 is 0 Å². The van der Waals surface area contributed by atoms with Crippen LogP contribution in [0.25, 0.3) is 32.2 Å². The lowest BCUT2D eigenvalue weighted by Gasteiger charge is -2.13. The molecule has 0 spiro atoms. The van der Waals surface area contributed by atoms with Crippen LogP contribution in [0.5, 0.6) is 0 Å². The monoisotopic (exact) mass is 401 g/mol. The summed E-state index contributed by atoms with van der Waals surface area (Å²) in [7, 11) is 0. The van der Waals surface area contributed by atoms with Gasteiger partial charge in [-0.2, -0.15) is 0 Å². The average Bonchev–Trinajstić information content (AvgIpc) is 3.19. The number of thiophene rings is 1. The minimum Gasteiger partial charge on any atom is -0.321 e. The largest absolute Gasteiger partial charge is 0.321 e. The first-order valence-electron chi connectivity index (χ1n) is 8.79. The quantitative estimate of drug-likeness (QED) is 0.396. The molecule has 5 aromatic rings. The summed E-state index contributed by atoms with van der Waals surface area (Å²) in [5.74, 6) is 0. The lowest BCUT2D eigenvalue weighted by Crippen LogP contribution is -2.10. The van der Waals surface area contributed by atoms with Gasteiger partial charge in [0.05, 0.1) is 4.90 Å². The molecule has 3 aromatic heterocycles. The van der Waals surface area contributed by atoms with E-state index in [4.69, 9.17) is 0 Å². The normalized spacial score (nSPS) is 11.3. The highest BCUT2D eigenvalue weighted by molar-refractivity contribution is 7.99. The molecule has 0 radical (unpaired) electrons. The van der Waals surface area contributed by atoms with Crippen LogP contribution in [-0.4, -0.2) is 15.0 Å². The summed E-state index contributed by atoms with van der Waals surface area (Å²) in [5.41, 5.74) is 3.83. The molecule has 0 aliphatic heterocycles. The Kier molecular flexibility index (Phi) is 4.22. The van der Waals surface area contributed by atoms with Gasteiger partial charge in [-0.05, 0) is 36.1 Å². The Bertz CT molecular complexity index is 1370. The lowest BCUT2D eigenvalue weighted by molar-refractivity contribution is 1.10. The summed E-state index contributed by atoms with van der Waals surface area (Å²) >= 11 is 2.97. The number of nitrogens with one attached hydrogen (secondary N) is 1. The molecule has 3 heterocycles. The van der Waals surface area contributed by atoms with Gasteiger partial charge in [0, 0.05) is 21.9 Å². The predicted octanol–water partition coefficient (Wildman–Crippen LogP) is 5.66. The zero-order valence-electron chi connectivity index (χ0n) is 15.0. The van der Waals surface area contributed by atoms with E-state index in [1.807, 2.05) is 53.9 Å². The van der Waals surface area contributed by atoms with Gasteiger partial charge in [-0.3, -0.25) is 4.79 Å². The molecule has 1 N–H and O–H groups in total. The van der Waals surface area contributed by atoms with Gasteiger partial charge in [0.2, 0.25) is 0 Å². The van der Waals surface area contributed by atoms with Crippen LogP contribution in [0.4, 0.5) is 0 Å². The van der Waals surface area contributed by atoms with Crippen molar-refractivity contribution in [3.8, 4) is 11.1 Å². The van der Waals surface area contributed by atoms with Gasteiger partial charge in [-0.15, -0.1) is 11.3 Å². The number of hydrogen-bond acceptors (Lipinski definition) is 5. The standard InChI is InChI=1S/C22H15N3OS2/c1-13-7-8-17-16(11-13)18(14-5-3-2-4-6-14)19(20(26)25-17)28-22-15-9-10-27-21(15)23-12-24-22/h2-12H,1H3,(H,25,26). The summed E-state index contributed by atoms with van der Waals surface area (Å²) in [6.45, 7) is 2.06. The maximum atomic E-state index is 13.1. The number of rotatable bonds is 3. The minimum atomic E-state index is -0.109. The first-order chi connectivity index (χ1) is 13.7. The number of hydrogen-bond donors (Lipinski definition) is 1. The summed E-state index contributed by atoms with van der Waals surface area (Å²) in [6.07, 6.45) is 1.56. The zero-order valence-corrected chi connectivity index (χ0v) is 16.6. The molecule has 0 aliphatic rings. The Labute approximate surface area is 169 Å². The highest BCUT2D eigenvalue weighted by Gasteiger charge is 2.18. The Morgan fingerprint density at radius 3 is 2.71 bits per heavy atom. The Hall–Kier alpha value is -2.96.